The molecule has 0 aliphatic heterocycles. The summed E-state index contributed by atoms with van der Waals surface area (Å²) >= 11 is 4.92. The molecule has 1 atom stereocenters. The molecule has 11 heteroatoms. The zero-order valence-electron chi connectivity index (χ0n) is 14.1. The highest BCUT2D eigenvalue weighted by Gasteiger charge is 2.30. The summed E-state index contributed by atoms with van der Waals surface area (Å²) in [6, 6.07) is 2.69. The zero-order valence-corrected chi connectivity index (χ0v) is 14.9. The molecule has 0 aliphatic carbocycles. The Balaban J connectivity index is 2.62. The van der Waals surface area contributed by atoms with Gasteiger partial charge in [0.15, 0.2) is 5.11 Å². The van der Waals surface area contributed by atoms with Gasteiger partial charge in [-0.25, -0.2) is 4.79 Å². The first-order valence-electron chi connectivity index (χ1n) is 7.59. The van der Waals surface area contributed by atoms with E-state index in [9.17, 15) is 22.8 Å². The van der Waals surface area contributed by atoms with Gasteiger partial charge in [-0.15, -0.1) is 0 Å². The van der Waals surface area contributed by atoms with Gasteiger partial charge in [-0.1, -0.05) is 19.9 Å². The van der Waals surface area contributed by atoms with Crippen molar-refractivity contribution >= 4 is 35.0 Å². The number of anilines is 1. The summed E-state index contributed by atoms with van der Waals surface area (Å²) in [4.78, 5) is 23.0. The van der Waals surface area contributed by atoms with Gasteiger partial charge in [-0.3, -0.25) is 15.6 Å². The number of alkyl halides is 3. The molecule has 1 aromatic carbocycles. The van der Waals surface area contributed by atoms with Gasteiger partial charge in [0.25, 0.3) is 5.91 Å². The highest BCUT2D eigenvalue weighted by molar-refractivity contribution is 7.80. The van der Waals surface area contributed by atoms with E-state index < -0.39 is 29.7 Å². The molecule has 0 saturated carbocycles. The van der Waals surface area contributed by atoms with E-state index in [1.165, 1.54) is 12.1 Å². The first kappa shape index (κ1) is 21.5. The van der Waals surface area contributed by atoms with E-state index >= 15 is 0 Å². The van der Waals surface area contributed by atoms with Crippen LogP contribution in [-0.2, 0) is 11.0 Å². The second kappa shape index (κ2) is 9.22. The van der Waals surface area contributed by atoms with Crippen molar-refractivity contribution in [2.75, 3.05) is 5.32 Å². The third kappa shape index (κ3) is 7.55. The van der Waals surface area contributed by atoms with E-state index in [4.69, 9.17) is 18.0 Å². The van der Waals surface area contributed by atoms with E-state index in [1.54, 1.807) is 0 Å². The van der Waals surface area contributed by atoms with Crippen LogP contribution >= 0.6 is 12.2 Å². The maximum absolute atomic E-state index is 12.7. The van der Waals surface area contributed by atoms with Crippen LogP contribution in [0.5, 0.6) is 0 Å². The zero-order chi connectivity index (χ0) is 19.9. The fraction of sp³-hybridized carbons (Fsp3) is 0.400. The Labute approximate surface area is 153 Å². The summed E-state index contributed by atoms with van der Waals surface area (Å²) in [6.07, 6.45) is -4.14. The van der Waals surface area contributed by atoms with Crippen LogP contribution in [0, 0.1) is 5.92 Å². The average molecular weight is 391 g/mol. The van der Waals surface area contributed by atoms with Crippen LogP contribution in [0.4, 0.5) is 23.7 Å². The van der Waals surface area contributed by atoms with Gasteiger partial charge in [0, 0.05) is 5.69 Å². The molecule has 0 radical (unpaired) electrons. The van der Waals surface area contributed by atoms with Crippen LogP contribution in [-0.4, -0.2) is 23.1 Å². The van der Waals surface area contributed by atoms with Crippen LogP contribution in [0.25, 0.3) is 0 Å². The first-order valence-corrected chi connectivity index (χ1v) is 8.00. The average Bonchev–Trinajstić information content (AvgIpc) is 2.50. The number of halogens is 3. The molecule has 0 fully saturated rings. The Morgan fingerprint density at radius 1 is 1.23 bits per heavy atom. The summed E-state index contributed by atoms with van der Waals surface area (Å²) in [5.41, 5.74) is 8.93. The van der Waals surface area contributed by atoms with E-state index in [-0.39, 0.29) is 16.7 Å². The molecule has 0 heterocycles. The van der Waals surface area contributed by atoms with Crippen molar-refractivity contribution in [1.82, 2.24) is 16.2 Å². The van der Waals surface area contributed by atoms with Crippen LogP contribution in [0.2, 0.25) is 0 Å². The fourth-order valence-corrected chi connectivity index (χ4v) is 2.18. The van der Waals surface area contributed by atoms with E-state index in [0.717, 1.165) is 12.1 Å². The minimum Gasteiger partial charge on any atom is -0.352 e. The Kier molecular flexibility index (Phi) is 7.62. The molecule has 6 N–H and O–H groups in total. The van der Waals surface area contributed by atoms with Crippen LogP contribution < -0.4 is 27.2 Å². The highest BCUT2D eigenvalue weighted by atomic mass is 32.1. The van der Waals surface area contributed by atoms with Gasteiger partial charge in [0.05, 0.1) is 5.56 Å². The van der Waals surface area contributed by atoms with Crippen molar-refractivity contribution in [2.24, 2.45) is 11.7 Å². The molecule has 1 aromatic rings. The summed E-state index contributed by atoms with van der Waals surface area (Å²) in [5.74, 6) is -0.488. The maximum Gasteiger partial charge on any atom is 0.416 e. The van der Waals surface area contributed by atoms with Gasteiger partial charge in [-0.05, 0) is 42.8 Å². The number of nitrogens with one attached hydrogen (secondary N) is 4. The molecule has 7 nitrogen and oxygen atoms in total. The monoisotopic (exact) mass is 391 g/mol. The third-order valence-electron chi connectivity index (χ3n) is 3.09. The van der Waals surface area contributed by atoms with Crippen molar-refractivity contribution in [2.45, 2.75) is 32.5 Å². The van der Waals surface area contributed by atoms with Gasteiger partial charge >= 0.3 is 12.2 Å². The van der Waals surface area contributed by atoms with Crippen molar-refractivity contribution in [1.29, 1.82) is 0 Å². The molecule has 1 rings (SSSR count). The lowest BCUT2D eigenvalue weighted by Crippen LogP contribution is -2.54. The number of thiocarbonyl (C=S) groups is 1. The molecule has 0 saturated heterocycles. The number of hydrogen-bond acceptors (Lipinski definition) is 3. The number of carbonyl (C=O) groups is 2. The summed E-state index contributed by atoms with van der Waals surface area (Å²) in [5, 5.41) is 4.71. The second-order valence-corrected chi connectivity index (χ2v) is 6.25. The maximum atomic E-state index is 12.7. The van der Waals surface area contributed by atoms with Crippen LogP contribution in [0.15, 0.2) is 24.3 Å². The Morgan fingerprint density at radius 3 is 2.42 bits per heavy atom. The number of amides is 3. The van der Waals surface area contributed by atoms with Gasteiger partial charge in [-0.2, -0.15) is 13.2 Å². The van der Waals surface area contributed by atoms with Gasteiger partial charge < -0.3 is 16.4 Å². The molecular formula is C15H20F3N5O2S. The summed E-state index contributed by atoms with van der Waals surface area (Å²) in [6.45, 7) is 3.71. The third-order valence-corrected chi connectivity index (χ3v) is 3.29. The number of urea groups is 1. The van der Waals surface area contributed by atoms with E-state index in [1.807, 2.05) is 13.8 Å². The van der Waals surface area contributed by atoms with Gasteiger partial charge in [0.2, 0.25) is 0 Å². The largest absolute Gasteiger partial charge is 0.416 e. The molecule has 0 bridgehead atoms. The molecule has 3 amide bonds. The predicted octanol–water partition coefficient (Wildman–Crippen LogP) is 2.11. The molecule has 0 spiro atoms. The minimum absolute atomic E-state index is 0.0977. The smallest absolute Gasteiger partial charge is 0.352 e. The number of benzene rings is 1. The Hall–Kier alpha value is -2.56. The normalized spacial score (nSPS) is 12.2. The number of primary amides is 1. The standard InChI is InChI=1S/C15H20F3N5O2S/c1-8(2)6-11(21-13(19)25)12(24)22-23-14(26)20-10-5-3-4-9(7-10)15(16,17)18/h3-5,7-8,11H,6H2,1-2H3,(H,22,24)(H3,19,21,25)(H2,20,23,26)/t11-/m1/s1. The lowest BCUT2D eigenvalue weighted by Gasteiger charge is -2.20. The Morgan fingerprint density at radius 2 is 1.88 bits per heavy atom. The van der Waals surface area contributed by atoms with E-state index in [0.29, 0.717) is 6.42 Å². The predicted molar refractivity (Wildman–Crippen MR) is 94.9 cm³/mol. The first-order chi connectivity index (χ1) is 12.0. The topological polar surface area (TPSA) is 108 Å². The quantitative estimate of drug-likeness (QED) is 0.390. The molecule has 144 valence electrons. The lowest BCUT2D eigenvalue weighted by molar-refractivity contribution is -0.137. The van der Waals surface area contributed by atoms with Crippen molar-refractivity contribution in [3.05, 3.63) is 29.8 Å². The molecule has 0 aromatic heterocycles. The summed E-state index contributed by atoms with van der Waals surface area (Å²) < 4.78 is 38.0. The van der Waals surface area contributed by atoms with Gasteiger partial charge in [0.1, 0.15) is 6.04 Å². The Bertz CT molecular complexity index is 667. The molecular weight excluding hydrogens is 371 g/mol. The van der Waals surface area contributed by atoms with Crippen molar-refractivity contribution in [3.8, 4) is 0 Å². The number of carbonyl (C=O) groups excluding carboxylic acids is 2. The molecule has 0 aliphatic rings. The summed E-state index contributed by atoms with van der Waals surface area (Å²) in [7, 11) is 0. The number of rotatable bonds is 5. The lowest BCUT2D eigenvalue weighted by atomic mass is 10.0. The number of hydrogen-bond donors (Lipinski definition) is 5. The highest BCUT2D eigenvalue weighted by Crippen LogP contribution is 2.30. The van der Waals surface area contributed by atoms with Crippen LogP contribution in [0.1, 0.15) is 25.8 Å². The van der Waals surface area contributed by atoms with E-state index in [2.05, 4.69) is 21.5 Å². The number of hydrazine groups is 1. The number of nitrogens with two attached hydrogens (primary N) is 1. The fourth-order valence-electron chi connectivity index (χ4n) is 2.02. The minimum atomic E-state index is -4.48. The molecule has 26 heavy (non-hydrogen) atoms. The SMILES string of the molecule is CC(C)C[C@@H](NC(N)=O)C(=O)NNC(=S)Nc1cccc(C(F)(F)F)c1. The molecule has 0 unspecified atom stereocenters. The van der Waals surface area contributed by atoms with Crippen molar-refractivity contribution in [3.63, 3.8) is 0 Å². The van der Waals surface area contributed by atoms with Crippen LogP contribution in [0.3, 0.4) is 0 Å². The van der Waals surface area contributed by atoms with Crippen molar-refractivity contribution < 1.29 is 22.8 Å². The second-order valence-electron chi connectivity index (χ2n) is 5.84.